The average Bonchev–Trinajstić information content (AvgIpc) is 3.26. The SMILES string of the molecule is O=C(OCc1csc(Nc2ccccc2)n1)C1CCN(S(=O)(=O)c2cccnc2)CC1. The molecule has 0 radical (unpaired) electrons. The van der Waals surface area contributed by atoms with Crippen molar-refractivity contribution in [1.29, 1.82) is 0 Å². The minimum Gasteiger partial charge on any atom is -0.459 e. The van der Waals surface area contributed by atoms with E-state index in [1.165, 1.54) is 34.1 Å². The number of hydrogen-bond acceptors (Lipinski definition) is 8. The van der Waals surface area contributed by atoms with Crippen molar-refractivity contribution in [2.75, 3.05) is 18.4 Å². The third-order valence-corrected chi connectivity index (χ3v) is 7.69. The lowest BCUT2D eigenvalue weighted by Gasteiger charge is -2.29. The van der Waals surface area contributed by atoms with Crippen LogP contribution >= 0.6 is 11.3 Å². The van der Waals surface area contributed by atoms with Crippen molar-refractivity contribution >= 4 is 38.1 Å². The summed E-state index contributed by atoms with van der Waals surface area (Å²) in [4.78, 5) is 20.9. The van der Waals surface area contributed by atoms with Gasteiger partial charge in [-0.15, -0.1) is 11.3 Å². The van der Waals surface area contributed by atoms with Crippen LogP contribution in [-0.4, -0.2) is 41.7 Å². The van der Waals surface area contributed by atoms with Crippen LogP contribution in [0.1, 0.15) is 18.5 Å². The molecule has 3 heterocycles. The van der Waals surface area contributed by atoms with Crippen molar-refractivity contribution in [2.24, 2.45) is 5.92 Å². The highest BCUT2D eigenvalue weighted by Gasteiger charge is 2.33. The molecule has 3 aromatic rings. The highest BCUT2D eigenvalue weighted by Crippen LogP contribution is 2.25. The van der Waals surface area contributed by atoms with Gasteiger partial charge in [0, 0.05) is 36.6 Å². The van der Waals surface area contributed by atoms with Gasteiger partial charge in [-0.2, -0.15) is 4.31 Å². The smallest absolute Gasteiger partial charge is 0.309 e. The van der Waals surface area contributed by atoms with Crippen molar-refractivity contribution in [3.05, 3.63) is 65.9 Å². The molecule has 1 N–H and O–H groups in total. The molecular formula is C21H22N4O4S2. The Balaban J connectivity index is 1.26. The molecular weight excluding hydrogens is 436 g/mol. The summed E-state index contributed by atoms with van der Waals surface area (Å²) in [7, 11) is -3.59. The van der Waals surface area contributed by atoms with Crippen LogP contribution in [0.5, 0.6) is 0 Å². The first-order valence-electron chi connectivity index (χ1n) is 9.85. The lowest BCUT2D eigenvalue weighted by atomic mass is 9.98. The zero-order chi connectivity index (χ0) is 21.7. The van der Waals surface area contributed by atoms with E-state index >= 15 is 0 Å². The van der Waals surface area contributed by atoms with Crippen molar-refractivity contribution in [3.63, 3.8) is 0 Å². The van der Waals surface area contributed by atoms with E-state index in [9.17, 15) is 13.2 Å². The van der Waals surface area contributed by atoms with Gasteiger partial charge in [0.2, 0.25) is 10.0 Å². The van der Waals surface area contributed by atoms with E-state index < -0.39 is 10.0 Å². The third-order valence-electron chi connectivity index (χ3n) is 5.00. The molecule has 1 fully saturated rings. The number of hydrogen-bond donors (Lipinski definition) is 1. The van der Waals surface area contributed by atoms with Crippen LogP contribution in [-0.2, 0) is 26.2 Å². The van der Waals surface area contributed by atoms with Gasteiger partial charge in [-0.25, -0.2) is 13.4 Å². The van der Waals surface area contributed by atoms with Gasteiger partial charge in [-0.3, -0.25) is 9.78 Å². The van der Waals surface area contributed by atoms with Crippen molar-refractivity contribution in [3.8, 4) is 0 Å². The van der Waals surface area contributed by atoms with Crippen LogP contribution < -0.4 is 5.32 Å². The standard InChI is InChI=1S/C21H22N4O4S2/c26-20(29-14-18-15-30-21(24-18)23-17-5-2-1-3-6-17)16-8-11-25(12-9-16)31(27,28)19-7-4-10-22-13-19/h1-7,10,13,15-16H,8-9,11-12,14H2,(H,23,24). The number of piperidine rings is 1. The molecule has 8 nitrogen and oxygen atoms in total. The number of thiazole rings is 1. The topological polar surface area (TPSA) is 101 Å². The number of carbonyl (C=O) groups excluding carboxylic acids is 1. The quantitative estimate of drug-likeness (QED) is 0.541. The van der Waals surface area contributed by atoms with Crippen LogP contribution in [0.4, 0.5) is 10.8 Å². The molecule has 0 bridgehead atoms. The first-order chi connectivity index (χ1) is 15.0. The van der Waals surface area contributed by atoms with E-state index in [4.69, 9.17) is 4.74 Å². The fraction of sp³-hybridized carbons (Fsp3) is 0.286. The molecule has 0 atom stereocenters. The zero-order valence-electron chi connectivity index (χ0n) is 16.7. The van der Waals surface area contributed by atoms with Crippen molar-refractivity contribution in [1.82, 2.24) is 14.3 Å². The Morgan fingerprint density at radius 3 is 2.65 bits per heavy atom. The Bertz CT molecular complexity index is 1110. The molecule has 1 aromatic carbocycles. The molecule has 1 aliphatic heterocycles. The summed E-state index contributed by atoms with van der Waals surface area (Å²) in [5, 5.41) is 5.78. The van der Waals surface area contributed by atoms with Gasteiger partial charge < -0.3 is 10.1 Å². The lowest BCUT2D eigenvalue weighted by molar-refractivity contribution is -0.151. The normalized spacial score (nSPS) is 15.5. The summed E-state index contributed by atoms with van der Waals surface area (Å²) in [6.45, 7) is 0.650. The van der Waals surface area contributed by atoms with E-state index in [1.807, 2.05) is 35.7 Å². The molecule has 1 saturated heterocycles. The Hall–Kier alpha value is -2.82. The number of rotatable bonds is 7. The molecule has 0 unspecified atom stereocenters. The van der Waals surface area contributed by atoms with Gasteiger partial charge in [0.25, 0.3) is 0 Å². The summed E-state index contributed by atoms with van der Waals surface area (Å²) < 4.78 is 32.2. The Kier molecular flexibility index (Phi) is 6.59. The highest BCUT2D eigenvalue weighted by molar-refractivity contribution is 7.89. The fourth-order valence-corrected chi connectivity index (χ4v) is 5.47. The van der Waals surface area contributed by atoms with E-state index in [-0.39, 0.29) is 36.5 Å². The summed E-state index contributed by atoms with van der Waals surface area (Å²) in [6, 6.07) is 12.8. The maximum atomic E-state index is 12.7. The van der Waals surface area contributed by atoms with Crippen LogP contribution in [0.3, 0.4) is 0 Å². The van der Waals surface area contributed by atoms with Gasteiger partial charge in [-0.1, -0.05) is 18.2 Å². The molecule has 10 heteroatoms. The fourth-order valence-electron chi connectivity index (χ4n) is 3.32. The zero-order valence-corrected chi connectivity index (χ0v) is 18.3. The number of anilines is 2. The molecule has 31 heavy (non-hydrogen) atoms. The van der Waals surface area contributed by atoms with Crippen molar-refractivity contribution in [2.45, 2.75) is 24.3 Å². The second-order valence-electron chi connectivity index (χ2n) is 7.11. The number of benzene rings is 1. The second kappa shape index (κ2) is 9.54. The molecule has 1 aliphatic rings. The highest BCUT2D eigenvalue weighted by atomic mass is 32.2. The Labute approximate surface area is 185 Å². The number of pyridine rings is 1. The monoisotopic (exact) mass is 458 g/mol. The van der Waals surface area contributed by atoms with E-state index in [0.717, 1.165) is 10.8 Å². The predicted molar refractivity (Wildman–Crippen MR) is 117 cm³/mol. The minimum absolute atomic E-state index is 0.0972. The minimum atomic E-state index is -3.59. The molecule has 0 amide bonds. The molecule has 0 aliphatic carbocycles. The number of sulfonamides is 1. The number of nitrogens with zero attached hydrogens (tertiary/aromatic N) is 3. The second-order valence-corrected chi connectivity index (χ2v) is 9.91. The molecule has 0 saturated carbocycles. The first-order valence-corrected chi connectivity index (χ1v) is 12.2. The summed E-state index contributed by atoms with van der Waals surface area (Å²) in [5.74, 6) is -0.634. The summed E-state index contributed by atoms with van der Waals surface area (Å²) in [6.07, 6.45) is 3.72. The van der Waals surface area contributed by atoms with Crippen LogP contribution in [0.2, 0.25) is 0 Å². The Morgan fingerprint density at radius 2 is 1.94 bits per heavy atom. The maximum absolute atomic E-state index is 12.7. The first kappa shape index (κ1) is 21.4. The predicted octanol–water partition coefficient (Wildman–Crippen LogP) is 3.43. The number of esters is 1. The number of nitrogens with one attached hydrogen (secondary N) is 1. The number of para-hydroxylation sites is 1. The largest absolute Gasteiger partial charge is 0.459 e. The van der Waals surface area contributed by atoms with Gasteiger partial charge in [0.15, 0.2) is 5.13 Å². The number of ether oxygens (including phenoxy) is 1. The molecule has 2 aromatic heterocycles. The van der Waals surface area contributed by atoms with Crippen molar-refractivity contribution < 1.29 is 17.9 Å². The molecule has 0 spiro atoms. The lowest BCUT2D eigenvalue weighted by Crippen LogP contribution is -2.40. The van der Waals surface area contributed by atoms with E-state index in [1.54, 1.807) is 6.07 Å². The Morgan fingerprint density at radius 1 is 1.16 bits per heavy atom. The maximum Gasteiger partial charge on any atom is 0.309 e. The number of carbonyl (C=O) groups is 1. The molecule has 4 rings (SSSR count). The van der Waals surface area contributed by atoms with Gasteiger partial charge in [0.1, 0.15) is 11.5 Å². The average molecular weight is 459 g/mol. The van der Waals surface area contributed by atoms with Crippen LogP contribution in [0.25, 0.3) is 0 Å². The number of aromatic nitrogens is 2. The molecule has 162 valence electrons. The third kappa shape index (κ3) is 5.27. The van der Waals surface area contributed by atoms with Gasteiger partial charge in [0.05, 0.1) is 11.6 Å². The van der Waals surface area contributed by atoms with Gasteiger partial charge >= 0.3 is 5.97 Å². The van der Waals surface area contributed by atoms with Crippen LogP contribution in [0, 0.1) is 5.92 Å². The summed E-state index contributed by atoms with van der Waals surface area (Å²) in [5.41, 5.74) is 1.61. The van der Waals surface area contributed by atoms with E-state index in [2.05, 4.69) is 15.3 Å². The van der Waals surface area contributed by atoms with Gasteiger partial charge in [-0.05, 0) is 37.1 Å². The van der Waals surface area contributed by atoms with Crippen LogP contribution in [0.15, 0.2) is 65.1 Å². The van der Waals surface area contributed by atoms with E-state index in [0.29, 0.717) is 18.5 Å². The summed E-state index contributed by atoms with van der Waals surface area (Å²) >= 11 is 1.44.